The summed E-state index contributed by atoms with van der Waals surface area (Å²) in [5.74, 6) is 4.43. The molecule has 8 aromatic rings. The summed E-state index contributed by atoms with van der Waals surface area (Å²) >= 11 is 0. The van der Waals surface area contributed by atoms with Crippen molar-refractivity contribution in [2.75, 3.05) is 27.7 Å². The summed E-state index contributed by atoms with van der Waals surface area (Å²) in [6.07, 6.45) is 20.3. The van der Waals surface area contributed by atoms with Crippen LogP contribution in [-0.2, 0) is 80.2 Å². The van der Waals surface area contributed by atoms with Crippen LogP contribution >= 0.6 is 14.5 Å². The molecule has 496 valence electrons. The van der Waals surface area contributed by atoms with Crippen LogP contribution in [0, 0.1) is 24.7 Å². The molecule has 93 heavy (non-hydrogen) atoms. The van der Waals surface area contributed by atoms with Gasteiger partial charge < -0.3 is 34.5 Å². The maximum Gasteiger partial charge on any atom is 2.00 e. The molecule has 0 bridgehead atoms. The number of hydrogen-bond acceptors (Lipinski definition) is 14. The van der Waals surface area contributed by atoms with Crippen LogP contribution < -0.4 is 41.0 Å². The summed E-state index contributed by atoms with van der Waals surface area (Å²) in [5, 5.41) is 3.56. The molecule has 26 heteroatoms. The largest absolute Gasteiger partial charge is 2.00 e. The van der Waals surface area contributed by atoms with Gasteiger partial charge in [-0.25, -0.2) is 33.7 Å². The molecule has 6 aromatic carbocycles. The molecule has 2 aromatic heterocycles. The van der Waals surface area contributed by atoms with Crippen molar-refractivity contribution in [1.29, 1.82) is 0 Å². The first-order chi connectivity index (χ1) is 43.1. The van der Waals surface area contributed by atoms with E-state index in [-0.39, 0.29) is 34.5 Å². The van der Waals surface area contributed by atoms with Gasteiger partial charge in [0.25, 0.3) is 22.7 Å². The summed E-state index contributed by atoms with van der Waals surface area (Å²) in [6.45, 7) is 7.85. The van der Waals surface area contributed by atoms with Crippen LogP contribution in [0.1, 0.15) is 77.2 Å². The standard InChI is InChI=1S/C49H40N2O15P2S5.C12H25N.C6H11.Fe/c1-36-2-4-39(5-3-36)67(40-6-16-45(17-7-40)69(52,53)54,41-8-18-46(19-9-41)70(55,56)57)34-50-30-26-37(27-31-50)38-28-32-51(33-29-38)35-68(42-10-20-47(21-11-42)71(58,59)60,43-12-22-48(23-13-43)72(61,62)63)44-14-24-49(25-15-44)73(64,65)66;1-11-7-5-8-12(11)9-6-10-13(2,3)4;1-6-4-2-3-5-6;/h2-33H,34-35H2,1H3,(H-4,52,53,54,55,56,57,58,59,60,61,62,63,64,65,66);12H,5-10H2,1-4H3;2-5H2,1H3;/q;;-1;+2. The first-order valence-corrected chi connectivity index (χ1v) is 40.7. The molecular weight excluding hydrogens is 1360 g/mol. The third-order valence-electron chi connectivity index (χ3n) is 16.8. The Hall–Kier alpha value is -5.49. The first-order valence-electron chi connectivity index (χ1n) is 29.7. The van der Waals surface area contributed by atoms with Crippen molar-refractivity contribution in [3.05, 3.63) is 212 Å². The molecule has 2 atom stereocenters. The minimum atomic E-state index is -4.89. The smallest absolute Gasteiger partial charge is 0.744 e. The van der Waals surface area contributed by atoms with Crippen LogP contribution in [0.5, 0.6) is 0 Å². The second-order valence-corrected chi connectivity index (χ2v) is 38.3. The van der Waals surface area contributed by atoms with E-state index in [9.17, 15) is 64.9 Å². The van der Waals surface area contributed by atoms with Crippen LogP contribution in [0.15, 0.2) is 219 Å². The number of aryl methyl sites for hydroxylation is 1. The van der Waals surface area contributed by atoms with Crippen LogP contribution in [-0.4, -0.2) is 97.0 Å². The molecule has 2 fully saturated rings. The second kappa shape index (κ2) is 30.7. The van der Waals surface area contributed by atoms with E-state index < -0.39 is 84.7 Å². The number of pyridine rings is 2. The monoisotopic (exact) mass is 1440 g/mol. The number of aromatic nitrogens is 2. The molecule has 18 nitrogen and oxygen atoms in total. The normalized spacial score (nSPS) is 15.8. The van der Waals surface area contributed by atoms with Crippen molar-refractivity contribution < 1.29 is 95.5 Å². The Labute approximate surface area is 560 Å². The first kappa shape index (κ1) is 74.9. The summed E-state index contributed by atoms with van der Waals surface area (Å²) in [7, 11) is -23.3. The van der Waals surface area contributed by atoms with Crippen molar-refractivity contribution in [2.24, 2.45) is 5.92 Å². The average Bonchev–Trinajstić information content (AvgIpc) is 0.995. The maximum absolute atomic E-state index is 12.1. The van der Waals surface area contributed by atoms with E-state index in [0.29, 0.717) is 26.5 Å². The zero-order valence-electron chi connectivity index (χ0n) is 52.3. The van der Waals surface area contributed by atoms with E-state index in [1.54, 1.807) is 53.1 Å². The van der Waals surface area contributed by atoms with Gasteiger partial charge in [0.1, 0.15) is 72.3 Å². The van der Waals surface area contributed by atoms with Gasteiger partial charge in [0.05, 0.1) is 52.2 Å². The summed E-state index contributed by atoms with van der Waals surface area (Å²) in [5.41, 5.74) is 2.45. The Morgan fingerprint density at radius 2 is 0.742 bits per heavy atom. The van der Waals surface area contributed by atoms with Crippen LogP contribution in [0.3, 0.4) is 0 Å². The average molecular weight is 1440 g/mol. The topological polar surface area (TPSA) is 291 Å². The summed E-state index contributed by atoms with van der Waals surface area (Å²) < 4.78 is 183. The number of rotatable bonds is 20. The van der Waals surface area contributed by atoms with Gasteiger partial charge in [0.2, 0.25) is 0 Å². The van der Waals surface area contributed by atoms with E-state index in [0.717, 1.165) is 68.8 Å². The van der Waals surface area contributed by atoms with Gasteiger partial charge in [-0.3, -0.25) is 4.55 Å². The number of benzene rings is 6. The zero-order chi connectivity index (χ0) is 67.1. The zero-order valence-corrected chi connectivity index (χ0v) is 59.3. The van der Waals surface area contributed by atoms with E-state index in [2.05, 4.69) is 35.0 Å². The van der Waals surface area contributed by atoms with Crippen molar-refractivity contribution in [3.8, 4) is 11.1 Å². The molecule has 2 saturated carbocycles. The van der Waals surface area contributed by atoms with Crippen molar-refractivity contribution >= 4 is 96.9 Å². The Kier molecular flexibility index (Phi) is 24.7. The molecule has 0 amide bonds. The van der Waals surface area contributed by atoms with E-state index in [1.165, 1.54) is 125 Å². The van der Waals surface area contributed by atoms with Gasteiger partial charge in [0.15, 0.2) is 39.3 Å². The van der Waals surface area contributed by atoms with E-state index in [1.807, 2.05) is 72.4 Å². The third kappa shape index (κ3) is 19.4. The van der Waals surface area contributed by atoms with Gasteiger partial charge in [0, 0.05) is 24.3 Å². The predicted molar refractivity (Wildman–Crippen MR) is 355 cm³/mol. The summed E-state index contributed by atoms with van der Waals surface area (Å²) in [4.78, 5) is -2.34. The van der Waals surface area contributed by atoms with Crippen molar-refractivity contribution in [1.82, 2.24) is 0 Å². The van der Waals surface area contributed by atoms with Gasteiger partial charge in [-0.15, -0.1) is 0 Å². The molecule has 1 N–H and O–H groups in total. The van der Waals surface area contributed by atoms with Gasteiger partial charge in [-0.05, 0) is 158 Å². The molecule has 0 aliphatic heterocycles. The Balaban J connectivity index is 0.000000524. The molecule has 2 aliphatic carbocycles. The number of hydrogen-bond donors (Lipinski definition) is 1. The van der Waals surface area contributed by atoms with Gasteiger partial charge in [-0.2, -0.15) is 56.6 Å². The Morgan fingerprint density at radius 3 is 0.978 bits per heavy atom. The van der Waals surface area contributed by atoms with Gasteiger partial charge in [-0.1, -0.05) is 49.8 Å². The van der Waals surface area contributed by atoms with E-state index >= 15 is 0 Å². The minimum absolute atomic E-state index is 0. The van der Waals surface area contributed by atoms with E-state index in [4.69, 9.17) is 0 Å². The molecule has 2 heterocycles. The van der Waals surface area contributed by atoms with Crippen LogP contribution in [0.4, 0.5) is 0 Å². The molecule has 2 unspecified atom stereocenters. The fraction of sp³-hybridized carbons (Fsp3) is 0.284. The second-order valence-electron chi connectivity index (χ2n) is 24.5. The van der Waals surface area contributed by atoms with Crippen LogP contribution in [0.2, 0.25) is 0 Å². The molecule has 0 spiro atoms. The SMILES string of the molecule is C[C-]1CCCC1.C[C-]1CCCC1CCC[N+](C)(C)C.Cc1ccc([P+](C[n+]2ccc(-c3cc[n+](C[P+](c4ccc(S(=O)(=O)[O-])cc4)(c4ccc(S(=O)(=O)[O-])cc4)c4ccc(S(=O)(=O)[O-])cc4)cc3)cc2)(c2ccc(S(=O)(=O)[O-])cc2)c2ccc(S(=O)(=O)O)cc2)cc1.[Fe+2]. The number of nitrogens with zero attached hydrogens (tertiary/aromatic N) is 3. The van der Waals surface area contributed by atoms with Crippen LogP contribution in [0.25, 0.3) is 11.1 Å². The summed E-state index contributed by atoms with van der Waals surface area (Å²) in [6, 6.07) is 41.8. The molecule has 2 aliphatic rings. The van der Waals surface area contributed by atoms with Crippen molar-refractivity contribution in [2.45, 2.75) is 116 Å². The van der Waals surface area contributed by atoms with Crippen molar-refractivity contribution in [3.63, 3.8) is 0 Å². The maximum atomic E-state index is 12.1. The predicted octanol–water partition coefficient (Wildman–Crippen LogP) is 8.02. The molecule has 10 rings (SSSR count). The van der Waals surface area contributed by atoms with Gasteiger partial charge >= 0.3 is 17.1 Å². The minimum Gasteiger partial charge on any atom is -0.744 e. The fourth-order valence-corrected chi connectivity index (χ4v) is 22.2. The fourth-order valence-electron chi connectivity index (χ4n) is 11.8. The quantitative estimate of drug-likeness (QED) is 0.0189. The molecular formula is C67H76FeN3O15P2S5+. The third-order valence-corrected chi connectivity index (χ3v) is 29.7. The number of quaternary nitrogens is 1. The molecule has 0 radical (unpaired) electrons. The molecule has 0 saturated heterocycles. The Bertz CT molecular complexity index is 4160. The Morgan fingerprint density at radius 1 is 0.452 bits per heavy atom.